The van der Waals surface area contributed by atoms with Gasteiger partial charge in [-0.1, -0.05) is 0 Å². The van der Waals surface area contributed by atoms with Crippen molar-refractivity contribution < 1.29 is 4.42 Å². The third kappa shape index (κ3) is 3.06. The zero-order chi connectivity index (χ0) is 17.2. The van der Waals surface area contributed by atoms with E-state index in [0.29, 0.717) is 17.6 Å². The third-order valence-electron chi connectivity index (χ3n) is 4.40. The largest absolute Gasteiger partial charge is 0.463 e. The van der Waals surface area contributed by atoms with Crippen molar-refractivity contribution >= 4 is 16.6 Å². The standard InChI is InChI=1S/C18H19N5O2/c1-13(20-11-14-2-6-19-7-3-14)4-8-23-18(24)16-10-17-15(5-9-25-17)22(16)12-21-23/h2-3,5-7,9-10,12-13,20H,4,8,11H2,1H3. The van der Waals surface area contributed by atoms with E-state index in [0.717, 1.165) is 18.5 Å². The molecule has 4 heterocycles. The fourth-order valence-electron chi connectivity index (χ4n) is 2.90. The molecule has 0 aliphatic rings. The van der Waals surface area contributed by atoms with Crippen LogP contribution in [-0.2, 0) is 13.1 Å². The number of aromatic nitrogens is 4. The topological polar surface area (TPSA) is 77.4 Å². The second-order valence-electron chi connectivity index (χ2n) is 6.15. The zero-order valence-corrected chi connectivity index (χ0v) is 13.9. The van der Waals surface area contributed by atoms with Crippen molar-refractivity contribution in [2.75, 3.05) is 0 Å². The summed E-state index contributed by atoms with van der Waals surface area (Å²) in [5.41, 5.74) is 3.23. The van der Waals surface area contributed by atoms with Crippen molar-refractivity contribution in [3.8, 4) is 0 Å². The molecule has 0 fully saturated rings. The number of aryl methyl sites for hydroxylation is 1. The smallest absolute Gasteiger partial charge is 0.291 e. The van der Waals surface area contributed by atoms with E-state index in [9.17, 15) is 4.79 Å². The molecule has 0 saturated carbocycles. The van der Waals surface area contributed by atoms with Gasteiger partial charge in [-0.05, 0) is 31.0 Å². The monoisotopic (exact) mass is 337 g/mol. The molecular weight excluding hydrogens is 318 g/mol. The first-order chi connectivity index (χ1) is 12.2. The Hall–Kier alpha value is -2.93. The first-order valence-electron chi connectivity index (χ1n) is 8.29. The van der Waals surface area contributed by atoms with Crippen LogP contribution >= 0.6 is 0 Å². The molecule has 4 rings (SSSR count). The summed E-state index contributed by atoms with van der Waals surface area (Å²) in [6.45, 7) is 3.45. The quantitative estimate of drug-likeness (QED) is 0.584. The Balaban J connectivity index is 1.43. The molecule has 0 saturated heterocycles. The maximum absolute atomic E-state index is 12.6. The second-order valence-corrected chi connectivity index (χ2v) is 6.15. The van der Waals surface area contributed by atoms with Gasteiger partial charge in [-0.2, -0.15) is 5.10 Å². The van der Waals surface area contributed by atoms with Crippen LogP contribution in [0.3, 0.4) is 0 Å². The fourth-order valence-corrected chi connectivity index (χ4v) is 2.90. The molecule has 0 aliphatic carbocycles. The van der Waals surface area contributed by atoms with E-state index in [1.807, 2.05) is 18.2 Å². The Morgan fingerprint density at radius 2 is 2.08 bits per heavy atom. The van der Waals surface area contributed by atoms with Crippen molar-refractivity contribution in [3.63, 3.8) is 0 Å². The molecule has 25 heavy (non-hydrogen) atoms. The van der Waals surface area contributed by atoms with E-state index in [-0.39, 0.29) is 11.6 Å². The lowest BCUT2D eigenvalue weighted by molar-refractivity contribution is 0.446. The predicted molar refractivity (Wildman–Crippen MR) is 94.4 cm³/mol. The number of hydrogen-bond donors (Lipinski definition) is 1. The first-order valence-corrected chi connectivity index (χ1v) is 8.29. The SMILES string of the molecule is CC(CCn1ncn2c(cc3occc32)c1=O)NCc1ccncc1. The van der Waals surface area contributed by atoms with E-state index in [4.69, 9.17) is 4.42 Å². The molecular formula is C18H19N5O2. The Morgan fingerprint density at radius 3 is 2.92 bits per heavy atom. The Bertz CT molecular complexity index is 1050. The number of furan rings is 1. The molecule has 0 spiro atoms. The van der Waals surface area contributed by atoms with Gasteiger partial charge in [0.2, 0.25) is 0 Å². The minimum absolute atomic E-state index is 0.102. The van der Waals surface area contributed by atoms with E-state index in [1.54, 1.807) is 35.5 Å². The highest BCUT2D eigenvalue weighted by atomic mass is 16.3. The van der Waals surface area contributed by atoms with Crippen molar-refractivity contribution in [1.29, 1.82) is 0 Å². The van der Waals surface area contributed by atoms with E-state index in [2.05, 4.69) is 22.3 Å². The van der Waals surface area contributed by atoms with E-state index < -0.39 is 0 Å². The molecule has 128 valence electrons. The molecule has 0 aromatic carbocycles. The van der Waals surface area contributed by atoms with E-state index in [1.165, 1.54) is 10.2 Å². The van der Waals surface area contributed by atoms with Crippen LogP contribution in [0.15, 0.2) is 58.5 Å². The summed E-state index contributed by atoms with van der Waals surface area (Å²) in [6.07, 6.45) is 7.66. The van der Waals surface area contributed by atoms with Gasteiger partial charge in [-0.25, -0.2) is 4.68 Å². The molecule has 4 aromatic heterocycles. The van der Waals surface area contributed by atoms with Crippen molar-refractivity contribution in [2.45, 2.75) is 32.5 Å². The number of hydrogen-bond acceptors (Lipinski definition) is 5. The molecule has 4 aromatic rings. The lowest BCUT2D eigenvalue weighted by atomic mass is 10.2. The van der Waals surface area contributed by atoms with Gasteiger partial charge in [-0.15, -0.1) is 0 Å². The summed E-state index contributed by atoms with van der Waals surface area (Å²) >= 11 is 0. The summed E-state index contributed by atoms with van der Waals surface area (Å²) in [4.78, 5) is 16.6. The number of nitrogens with one attached hydrogen (secondary N) is 1. The molecule has 7 nitrogen and oxygen atoms in total. The van der Waals surface area contributed by atoms with Gasteiger partial charge in [-0.3, -0.25) is 14.2 Å². The molecule has 1 atom stereocenters. The zero-order valence-electron chi connectivity index (χ0n) is 13.9. The average molecular weight is 337 g/mol. The number of fused-ring (bicyclic) bond motifs is 3. The van der Waals surface area contributed by atoms with Crippen LogP contribution in [0.5, 0.6) is 0 Å². The third-order valence-corrected chi connectivity index (χ3v) is 4.40. The normalized spacial score (nSPS) is 12.8. The van der Waals surface area contributed by atoms with Crippen molar-refractivity contribution in [2.24, 2.45) is 0 Å². The van der Waals surface area contributed by atoms with Crippen molar-refractivity contribution in [3.05, 3.63) is 65.2 Å². The molecule has 1 unspecified atom stereocenters. The Morgan fingerprint density at radius 1 is 1.24 bits per heavy atom. The van der Waals surface area contributed by atoms with Crippen LogP contribution < -0.4 is 10.9 Å². The van der Waals surface area contributed by atoms with Gasteiger partial charge < -0.3 is 9.73 Å². The number of rotatable bonds is 6. The van der Waals surface area contributed by atoms with Crippen LogP contribution in [-0.4, -0.2) is 25.2 Å². The summed E-state index contributed by atoms with van der Waals surface area (Å²) < 4.78 is 8.64. The maximum atomic E-state index is 12.6. The minimum Gasteiger partial charge on any atom is -0.463 e. The van der Waals surface area contributed by atoms with Crippen LogP contribution in [0.1, 0.15) is 18.9 Å². The highest BCUT2D eigenvalue weighted by molar-refractivity contribution is 5.81. The van der Waals surface area contributed by atoms with Gasteiger partial charge in [0.1, 0.15) is 11.8 Å². The van der Waals surface area contributed by atoms with Crippen LogP contribution in [0.4, 0.5) is 0 Å². The van der Waals surface area contributed by atoms with Gasteiger partial charge in [0.25, 0.3) is 5.56 Å². The molecule has 0 bridgehead atoms. The summed E-state index contributed by atoms with van der Waals surface area (Å²) in [7, 11) is 0. The molecule has 0 amide bonds. The fraction of sp³-hybridized carbons (Fsp3) is 0.278. The minimum atomic E-state index is -0.102. The summed E-state index contributed by atoms with van der Waals surface area (Å²) in [5, 5.41) is 7.74. The van der Waals surface area contributed by atoms with Gasteiger partial charge in [0.15, 0.2) is 5.58 Å². The number of nitrogens with zero attached hydrogens (tertiary/aromatic N) is 4. The maximum Gasteiger partial charge on any atom is 0.291 e. The van der Waals surface area contributed by atoms with Gasteiger partial charge in [0, 0.05) is 43.7 Å². The predicted octanol–water partition coefficient (Wildman–Crippen LogP) is 2.21. The average Bonchev–Trinajstić information content (AvgIpc) is 3.22. The summed E-state index contributed by atoms with van der Waals surface area (Å²) in [5.74, 6) is 0. The molecule has 0 aliphatic heterocycles. The molecule has 7 heteroatoms. The highest BCUT2D eigenvalue weighted by Crippen LogP contribution is 2.18. The van der Waals surface area contributed by atoms with Crippen LogP contribution in [0, 0.1) is 0 Å². The highest BCUT2D eigenvalue weighted by Gasteiger charge is 2.11. The van der Waals surface area contributed by atoms with E-state index >= 15 is 0 Å². The Labute approximate surface area is 143 Å². The lowest BCUT2D eigenvalue weighted by Crippen LogP contribution is -2.30. The number of pyridine rings is 1. The van der Waals surface area contributed by atoms with Crippen LogP contribution in [0.2, 0.25) is 0 Å². The molecule has 1 N–H and O–H groups in total. The van der Waals surface area contributed by atoms with Gasteiger partial charge >= 0.3 is 0 Å². The van der Waals surface area contributed by atoms with Crippen LogP contribution in [0.25, 0.3) is 16.6 Å². The lowest BCUT2D eigenvalue weighted by Gasteiger charge is -2.14. The first kappa shape index (κ1) is 15.6. The summed E-state index contributed by atoms with van der Waals surface area (Å²) in [6, 6.07) is 7.84. The Kier molecular flexibility index (Phi) is 4.07. The second kappa shape index (κ2) is 6.52. The molecule has 0 radical (unpaired) electrons. The van der Waals surface area contributed by atoms with Crippen molar-refractivity contribution in [1.82, 2.24) is 24.5 Å². The van der Waals surface area contributed by atoms with Gasteiger partial charge in [0.05, 0.1) is 11.8 Å².